The van der Waals surface area contributed by atoms with Gasteiger partial charge in [-0.1, -0.05) is 30.3 Å². The first-order valence-corrected chi connectivity index (χ1v) is 4.38. The van der Waals surface area contributed by atoms with Gasteiger partial charge in [-0.2, -0.15) is 0 Å². The lowest BCUT2D eigenvalue weighted by atomic mass is 10.1. The Kier molecular flexibility index (Phi) is 1.93. The van der Waals surface area contributed by atoms with Crippen LogP contribution in [0.3, 0.4) is 0 Å². The summed E-state index contributed by atoms with van der Waals surface area (Å²) in [5, 5.41) is 2.70. The summed E-state index contributed by atoms with van der Waals surface area (Å²) in [7, 11) is 0. The van der Waals surface area contributed by atoms with Crippen LogP contribution < -0.4 is 11.1 Å². The van der Waals surface area contributed by atoms with Gasteiger partial charge >= 0.3 is 6.03 Å². The molecule has 1 aromatic carbocycles. The number of rotatable bonds is 2. The topological polar surface area (TPSA) is 55.1 Å². The normalized spacial score (nSPS) is 25.2. The van der Waals surface area contributed by atoms with Crippen LogP contribution in [0, 0.1) is 0 Å². The summed E-state index contributed by atoms with van der Waals surface area (Å²) in [6.07, 6.45) is 1.01. The molecule has 0 aromatic heterocycles. The molecule has 0 heterocycles. The fraction of sp³-hybridized carbons (Fsp3) is 0.300. The highest BCUT2D eigenvalue weighted by atomic mass is 16.2. The molecule has 2 amide bonds. The predicted octanol–water partition coefficient (Wildman–Crippen LogP) is 1.21. The Labute approximate surface area is 76.9 Å². The van der Waals surface area contributed by atoms with Crippen molar-refractivity contribution in [1.82, 2.24) is 5.32 Å². The Morgan fingerprint density at radius 1 is 1.38 bits per heavy atom. The summed E-state index contributed by atoms with van der Waals surface area (Å²) in [5.74, 6) is 0.466. The number of urea groups is 1. The first-order valence-electron chi connectivity index (χ1n) is 4.38. The van der Waals surface area contributed by atoms with Crippen molar-refractivity contribution < 1.29 is 4.79 Å². The minimum Gasteiger partial charge on any atom is -0.352 e. The van der Waals surface area contributed by atoms with E-state index in [1.54, 1.807) is 0 Å². The zero-order chi connectivity index (χ0) is 9.26. The number of hydrogen-bond donors (Lipinski definition) is 2. The Morgan fingerprint density at radius 2 is 2.08 bits per heavy atom. The van der Waals surface area contributed by atoms with E-state index >= 15 is 0 Å². The Morgan fingerprint density at radius 3 is 2.69 bits per heavy atom. The van der Waals surface area contributed by atoms with Crippen molar-refractivity contribution in [1.29, 1.82) is 0 Å². The van der Waals surface area contributed by atoms with Crippen LogP contribution in [0.15, 0.2) is 30.3 Å². The number of nitrogens with two attached hydrogens (primary N) is 1. The van der Waals surface area contributed by atoms with E-state index in [1.165, 1.54) is 5.56 Å². The molecule has 1 aliphatic rings. The van der Waals surface area contributed by atoms with Gasteiger partial charge < -0.3 is 11.1 Å². The van der Waals surface area contributed by atoms with Crippen LogP contribution in [0.2, 0.25) is 0 Å². The number of benzene rings is 1. The van der Waals surface area contributed by atoms with Gasteiger partial charge in [-0.3, -0.25) is 0 Å². The van der Waals surface area contributed by atoms with E-state index in [0.29, 0.717) is 5.92 Å². The number of carbonyl (C=O) groups is 1. The molecule has 2 rings (SSSR count). The molecule has 68 valence electrons. The average molecular weight is 176 g/mol. The van der Waals surface area contributed by atoms with Gasteiger partial charge in [-0.05, 0) is 12.0 Å². The van der Waals surface area contributed by atoms with Crippen LogP contribution in [0.5, 0.6) is 0 Å². The number of hydrogen-bond acceptors (Lipinski definition) is 1. The summed E-state index contributed by atoms with van der Waals surface area (Å²) < 4.78 is 0. The van der Waals surface area contributed by atoms with E-state index < -0.39 is 6.03 Å². The first kappa shape index (κ1) is 8.10. The molecule has 3 heteroatoms. The third kappa shape index (κ3) is 1.80. The van der Waals surface area contributed by atoms with Crippen molar-refractivity contribution in [2.45, 2.75) is 18.4 Å². The van der Waals surface area contributed by atoms with Gasteiger partial charge in [0.25, 0.3) is 0 Å². The largest absolute Gasteiger partial charge is 0.352 e. The molecule has 0 bridgehead atoms. The third-order valence-corrected chi connectivity index (χ3v) is 2.35. The summed E-state index contributed by atoms with van der Waals surface area (Å²) in [5.41, 5.74) is 6.30. The summed E-state index contributed by atoms with van der Waals surface area (Å²) in [6, 6.07) is 9.98. The average Bonchev–Trinajstić information content (AvgIpc) is 2.84. The van der Waals surface area contributed by atoms with Crippen LogP contribution in [0.25, 0.3) is 0 Å². The van der Waals surface area contributed by atoms with E-state index in [0.717, 1.165) is 6.42 Å². The lowest BCUT2D eigenvalue weighted by molar-refractivity contribution is 0.248. The number of nitrogens with one attached hydrogen (secondary N) is 1. The molecule has 1 fully saturated rings. The molecule has 0 spiro atoms. The first-order chi connectivity index (χ1) is 6.27. The minimum absolute atomic E-state index is 0.250. The molecule has 1 aromatic rings. The van der Waals surface area contributed by atoms with Crippen LogP contribution in [-0.2, 0) is 0 Å². The highest BCUT2D eigenvalue weighted by Crippen LogP contribution is 2.40. The Balaban J connectivity index is 1.97. The van der Waals surface area contributed by atoms with Crippen LogP contribution in [0.4, 0.5) is 4.79 Å². The van der Waals surface area contributed by atoms with Gasteiger partial charge in [0.05, 0.1) is 0 Å². The Hall–Kier alpha value is -1.51. The van der Waals surface area contributed by atoms with Gasteiger partial charge in [-0.25, -0.2) is 4.79 Å². The monoisotopic (exact) mass is 176 g/mol. The molecule has 3 N–H and O–H groups in total. The maximum absolute atomic E-state index is 10.5. The zero-order valence-corrected chi connectivity index (χ0v) is 7.23. The highest BCUT2D eigenvalue weighted by Gasteiger charge is 2.38. The van der Waals surface area contributed by atoms with E-state index in [2.05, 4.69) is 17.4 Å². The zero-order valence-electron chi connectivity index (χ0n) is 7.23. The summed E-state index contributed by atoms with van der Waals surface area (Å²) >= 11 is 0. The van der Waals surface area contributed by atoms with Gasteiger partial charge in [0, 0.05) is 12.0 Å². The van der Waals surface area contributed by atoms with Gasteiger partial charge in [0.1, 0.15) is 0 Å². The fourth-order valence-corrected chi connectivity index (χ4v) is 1.61. The molecule has 13 heavy (non-hydrogen) atoms. The van der Waals surface area contributed by atoms with Crippen molar-refractivity contribution in [2.75, 3.05) is 0 Å². The minimum atomic E-state index is -0.427. The van der Waals surface area contributed by atoms with Crippen molar-refractivity contribution in [3.8, 4) is 0 Å². The fourth-order valence-electron chi connectivity index (χ4n) is 1.61. The second-order valence-corrected chi connectivity index (χ2v) is 3.37. The molecule has 0 radical (unpaired) electrons. The number of primary amides is 1. The van der Waals surface area contributed by atoms with Gasteiger partial charge in [0.2, 0.25) is 0 Å². The lowest BCUT2D eigenvalue weighted by Crippen LogP contribution is -2.31. The second kappa shape index (κ2) is 3.09. The molecule has 1 aliphatic carbocycles. The van der Waals surface area contributed by atoms with Gasteiger partial charge in [0.15, 0.2) is 0 Å². The van der Waals surface area contributed by atoms with Crippen molar-refractivity contribution in [3.63, 3.8) is 0 Å². The Bertz CT molecular complexity index is 310. The standard InChI is InChI=1S/C10H12N2O/c11-10(13)12-9-6-8(9)7-4-2-1-3-5-7/h1-5,8-9H,6H2,(H3,11,12,13)/t8-,9+/m1/s1. The molecule has 2 atom stereocenters. The third-order valence-electron chi connectivity index (χ3n) is 2.35. The van der Waals surface area contributed by atoms with E-state index in [9.17, 15) is 4.79 Å². The summed E-state index contributed by atoms with van der Waals surface area (Å²) in [6.45, 7) is 0. The molecule has 3 nitrogen and oxygen atoms in total. The van der Waals surface area contributed by atoms with E-state index in [4.69, 9.17) is 5.73 Å². The smallest absolute Gasteiger partial charge is 0.312 e. The predicted molar refractivity (Wildman–Crippen MR) is 50.3 cm³/mol. The molecular formula is C10H12N2O. The molecular weight excluding hydrogens is 164 g/mol. The van der Waals surface area contributed by atoms with Crippen molar-refractivity contribution in [3.05, 3.63) is 35.9 Å². The highest BCUT2D eigenvalue weighted by molar-refractivity contribution is 5.72. The van der Waals surface area contributed by atoms with Crippen molar-refractivity contribution in [2.24, 2.45) is 5.73 Å². The molecule has 0 aliphatic heterocycles. The van der Waals surface area contributed by atoms with Crippen LogP contribution in [0.1, 0.15) is 17.9 Å². The lowest BCUT2D eigenvalue weighted by Gasteiger charge is -2.00. The molecule has 0 unspecified atom stereocenters. The van der Waals surface area contributed by atoms with Gasteiger partial charge in [-0.15, -0.1) is 0 Å². The molecule has 1 saturated carbocycles. The second-order valence-electron chi connectivity index (χ2n) is 3.37. The van der Waals surface area contributed by atoms with Crippen molar-refractivity contribution >= 4 is 6.03 Å². The SMILES string of the molecule is NC(=O)N[C@H]1C[C@@H]1c1ccccc1. The maximum Gasteiger partial charge on any atom is 0.312 e. The van der Waals surface area contributed by atoms with Crippen LogP contribution in [-0.4, -0.2) is 12.1 Å². The maximum atomic E-state index is 10.5. The quantitative estimate of drug-likeness (QED) is 0.699. The van der Waals surface area contributed by atoms with E-state index in [1.807, 2.05) is 18.2 Å². The number of amides is 2. The summed E-state index contributed by atoms with van der Waals surface area (Å²) in [4.78, 5) is 10.5. The number of carbonyl (C=O) groups excluding carboxylic acids is 1. The van der Waals surface area contributed by atoms with E-state index in [-0.39, 0.29) is 6.04 Å². The molecule has 0 saturated heterocycles. The van der Waals surface area contributed by atoms with Crippen LogP contribution >= 0.6 is 0 Å².